The number of halogens is 1. The van der Waals surface area contributed by atoms with E-state index in [1.54, 1.807) is 0 Å². The molecule has 0 aromatic carbocycles. The number of hydrogen-bond donors (Lipinski definition) is 2. The summed E-state index contributed by atoms with van der Waals surface area (Å²) >= 11 is 2.25. The Kier molecular flexibility index (Phi) is 2.28. The number of hydrogen-bond acceptors (Lipinski definition) is 6. The van der Waals surface area contributed by atoms with Crippen LogP contribution in [0.4, 0.5) is 5.82 Å². The van der Waals surface area contributed by atoms with Crippen molar-refractivity contribution in [2.45, 2.75) is 18.8 Å². The fourth-order valence-electron chi connectivity index (χ4n) is 2.10. The van der Waals surface area contributed by atoms with Gasteiger partial charge in [-0.2, -0.15) is 5.10 Å². The molecule has 1 aliphatic carbocycles. The number of aromatic nitrogens is 5. The summed E-state index contributed by atoms with van der Waals surface area (Å²) in [6, 6.07) is 0. The monoisotopic (exact) mass is 368 g/mol. The summed E-state index contributed by atoms with van der Waals surface area (Å²) in [5, 5.41) is 11.9. The molecule has 3 aromatic heterocycles. The van der Waals surface area contributed by atoms with Gasteiger partial charge in [-0.1, -0.05) is 5.16 Å². The minimum Gasteiger partial charge on any atom is -0.383 e. The number of nitrogens with two attached hydrogens (primary N) is 1. The van der Waals surface area contributed by atoms with Crippen LogP contribution < -0.4 is 5.73 Å². The largest absolute Gasteiger partial charge is 0.383 e. The van der Waals surface area contributed by atoms with Crippen molar-refractivity contribution in [1.82, 2.24) is 25.3 Å². The lowest BCUT2D eigenvalue weighted by atomic mass is 10.2. The minimum absolute atomic E-state index is 0.389. The Balaban J connectivity index is 1.95. The maximum absolute atomic E-state index is 5.90. The summed E-state index contributed by atoms with van der Waals surface area (Å²) in [7, 11) is 0. The number of aromatic amines is 1. The molecule has 0 amide bonds. The van der Waals surface area contributed by atoms with Gasteiger partial charge in [0, 0.05) is 5.92 Å². The van der Waals surface area contributed by atoms with Gasteiger partial charge in [0.05, 0.1) is 8.96 Å². The quantitative estimate of drug-likeness (QED) is 0.671. The van der Waals surface area contributed by atoms with Crippen LogP contribution in [0.25, 0.3) is 22.4 Å². The average molecular weight is 368 g/mol. The van der Waals surface area contributed by atoms with Crippen LogP contribution in [0.15, 0.2) is 10.9 Å². The number of nitrogens with one attached hydrogen (secondary N) is 1. The molecule has 1 saturated carbocycles. The lowest BCUT2D eigenvalue weighted by molar-refractivity contribution is 0.385. The minimum atomic E-state index is 0.389. The average Bonchev–Trinajstić information content (AvgIpc) is 3.03. The van der Waals surface area contributed by atoms with Crippen molar-refractivity contribution >= 4 is 39.4 Å². The highest BCUT2D eigenvalue weighted by Gasteiger charge is 2.32. The first-order chi connectivity index (χ1) is 9.25. The Bertz CT molecular complexity index is 775. The Labute approximate surface area is 121 Å². The van der Waals surface area contributed by atoms with E-state index >= 15 is 0 Å². The van der Waals surface area contributed by atoms with Crippen molar-refractivity contribution < 1.29 is 4.52 Å². The van der Waals surface area contributed by atoms with Crippen LogP contribution in [0.2, 0.25) is 0 Å². The van der Waals surface area contributed by atoms with Gasteiger partial charge >= 0.3 is 0 Å². The first-order valence-electron chi connectivity index (χ1n) is 5.85. The molecule has 4 rings (SSSR count). The molecular formula is C11H9IN6O. The molecule has 0 radical (unpaired) electrons. The Morgan fingerprint density at radius 3 is 3.00 bits per heavy atom. The number of rotatable bonds is 2. The van der Waals surface area contributed by atoms with E-state index in [4.69, 9.17) is 10.3 Å². The van der Waals surface area contributed by atoms with E-state index in [9.17, 15) is 0 Å². The molecule has 0 bridgehead atoms. The Hall–Kier alpha value is -1.71. The Morgan fingerprint density at radius 2 is 2.21 bits per heavy atom. The summed E-state index contributed by atoms with van der Waals surface area (Å²) in [4.78, 5) is 8.07. The van der Waals surface area contributed by atoms with Crippen molar-refractivity contribution in [1.29, 1.82) is 0 Å². The molecule has 3 aromatic rings. The van der Waals surface area contributed by atoms with Crippen molar-refractivity contribution in [2.24, 2.45) is 0 Å². The van der Waals surface area contributed by atoms with Gasteiger partial charge in [-0.05, 0) is 35.4 Å². The van der Waals surface area contributed by atoms with Gasteiger partial charge < -0.3 is 10.3 Å². The molecule has 7 nitrogen and oxygen atoms in total. The molecule has 96 valence electrons. The summed E-state index contributed by atoms with van der Waals surface area (Å²) in [6.07, 6.45) is 3.73. The first-order valence-corrected chi connectivity index (χ1v) is 6.93. The fraction of sp³-hybridized carbons (Fsp3) is 0.273. The van der Waals surface area contributed by atoms with Crippen molar-refractivity contribution in [3.05, 3.63) is 15.7 Å². The van der Waals surface area contributed by atoms with E-state index < -0.39 is 0 Å². The molecule has 0 saturated heterocycles. The van der Waals surface area contributed by atoms with Crippen LogP contribution in [0.1, 0.15) is 24.5 Å². The van der Waals surface area contributed by atoms with Crippen LogP contribution in [0.5, 0.6) is 0 Å². The van der Waals surface area contributed by atoms with Crippen LogP contribution in [-0.2, 0) is 0 Å². The predicted octanol–water partition coefficient (Wildman–Crippen LogP) is 2.07. The summed E-state index contributed by atoms with van der Waals surface area (Å²) in [5.74, 6) is 1.85. The molecule has 0 spiro atoms. The van der Waals surface area contributed by atoms with E-state index in [2.05, 4.69) is 47.9 Å². The van der Waals surface area contributed by atoms with Gasteiger partial charge in [-0.15, -0.1) is 0 Å². The van der Waals surface area contributed by atoms with Gasteiger partial charge in [0.2, 0.25) is 0 Å². The molecule has 1 fully saturated rings. The summed E-state index contributed by atoms with van der Waals surface area (Å²) in [5.41, 5.74) is 7.88. The van der Waals surface area contributed by atoms with E-state index in [0.717, 1.165) is 15.0 Å². The normalized spacial score (nSPS) is 15.2. The van der Waals surface area contributed by atoms with Crippen LogP contribution in [0, 0.1) is 3.57 Å². The SMILES string of the molecule is Nc1ncnc2n[nH]c(-c3noc(C4CC4)c3I)c12. The summed E-state index contributed by atoms with van der Waals surface area (Å²) < 4.78 is 6.45. The maximum Gasteiger partial charge on any atom is 0.186 e. The van der Waals surface area contributed by atoms with Crippen LogP contribution >= 0.6 is 22.6 Å². The molecule has 0 aliphatic heterocycles. The third kappa shape index (κ3) is 1.62. The standard InChI is InChI=1S/C11H9IN6O/c12-6-8(18-19-9(6)4-1-2-4)7-5-10(13)14-3-15-11(5)17-16-7/h3-4H,1-2H2,(H3,13,14,15,16,17). The zero-order chi connectivity index (χ0) is 13.0. The lowest BCUT2D eigenvalue weighted by Crippen LogP contribution is -1.93. The topological polar surface area (TPSA) is 107 Å². The number of fused-ring (bicyclic) bond motifs is 1. The summed E-state index contributed by atoms with van der Waals surface area (Å²) in [6.45, 7) is 0. The number of nitrogen functional groups attached to an aromatic ring is 1. The molecule has 19 heavy (non-hydrogen) atoms. The van der Waals surface area contributed by atoms with Crippen molar-refractivity contribution in [3.8, 4) is 11.4 Å². The molecular weight excluding hydrogens is 359 g/mol. The molecule has 3 N–H and O–H groups in total. The highest BCUT2D eigenvalue weighted by molar-refractivity contribution is 14.1. The van der Waals surface area contributed by atoms with E-state index in [0.29, 0.717) is 28.5 Å². The second kappa shape index (κ2) is 3.89. The van der Waals surface area contributed by atoms with Crippen molar-refractivity contribution in [3.63, 3.8) is 0 Å². The predicted molar refractivity (Wildman–Crippen MR) is 76.3 cm³/mol. The van der Waals surface area contributed by atoms with Crippen LogP contribution in [0.3, 0.4) is 0 Å². The van der Waals surface area contributed by atoms with E-state index in [1.165, 1.54) is 19.2 Å². The third-order valence-corrected chi connectivity index (χ3v) is 4.27. The second-order valence-electron chi connectivity index (χ2n) is 4.54. The van der Waals surface area contributed by atoms with E-state index in [-0.39, 0.29) is 0 Å². The van der Waals surface area contributed by atoms with Gasteiger partial charge in [-0.25, -0.2) is 9.97 Å². The van der Waals surface area contributed by atoms with Crippen LogP contribution in [-0.4, -0.2) is 25.3 Å². The number of anilines is 1. The molecule has 0 atom stereocenters. The molecule has 1 aliphatic rings. The van der Waals surface area contributed by atoms with Crippen molar-refractivity contribution in [2.75, 3.05) is 5.73 Å². The smallest absolute Gasteiger partial charge is 0.186 e. The lowest BCUT2D eigenvalue weighted by Gasteiger charge is -1.96. The highest BCUT2D eigenvalue weighted by atomic mass is 127. The maximum atomic E-state index is 5.90. The molecule has 8 heteroatoms. The molecule has 3 heterocycles. The Morgan fingerprint density at radius 1 is 1.37 bits per heavy atom. The number of nitrogens with zero attached hydrogens (tertiary/aromatic N) is 4. The number of H-pyrrole nitrogens is 1. The highest BCUT2D eigenvalue weighted by Crippen LogP contribution is 2.44. The van der Waals surface area contributed by atoms with Gasteiger partial charge in [-0.3, -0.25) is 5.10 Å². The zero-order valence-corrected chi connectivity index (χ0v) is 11.9. The second-order valence-corrected chi connectivity index (χ2v) is 5.62. The van der Waals surface area contributed by atoms with E-state index in [1.807, 2.05) is 0 Å². The fourth-order valence-corrected chi connectivity index (χ4v) is 3.00. The third-order valence-electron chi connectivity index (χ3n) is 3.22. The first kappa shape index (κ1) is 11.1. The van der Waals surface area contributed by atoms with Gasteiger partial charge in [0.25, 0.3) is 0 Å². The van der Waals surface area contributed by atoms with Gasteiger partial charge in [0.15, 0.2) is 11.4 Å². The zero-order valence-electron chi connectivity index (χ0n) is 9.72. The van der Waals surface area contributed by atoms with Gasteiger partial charge in [0.1, 0.15) is 23.5 Å². The molecule has 0 unspecified atom stereocenters.